The molecule has 0 bridgehead atoms. The molecule has 29 heavy (non-hydrogen) atoms. The number of amides is 1. The van der Waals surface area contributed by atoms with Crippen molar-refractivity contribution in [1.82, 2.24) is 14.9 Å². The molecule has 0 spiro atoms. The predicted molar refractivity (Wildman–Crippen MR) is 99.7 cm³/mol. The highest BCUT2D eigenvalue weighted by molar-refractivity contribution is 7.89. The highest BCUT2D eigenvalue weighted by Gasteiger charge is 2.28. The molecule has 0 saturated heterocycles. The number of nitrogens with one attached hydrogen (secondary N) is 2. The first kappa shape index (κ1) is 22.9. The van der Waals surface area contributed by atoms with Crippen molar-refractivity contribution in [2.75, 3.05) is 26.7 Å². The second-order valence-corrected chi connectivity index (χ2v) is 8.16. The molecular weight excluding hydrogens is 411 g/mol. The van der Waals surface area contributed by atoms with Gasteiger partial charge >= 0.3 is 6.18 Å². The van der Waals surface area contributed by atoms with Gasteiger partial charge in [0.25, 0.3) is 5.91 Å². The lowest BCUT2D eigenvalue weighted by Crippen LogP contribution is -2.33. The van der Waals surface area contributed by atoms with Crippen LogP contribution >= 0.6 is 0 Å². The predicted octanol–water partition coefficient (Wildman–Crippen LogP) is 2.37. The minimum absolute atomic E-state index is 0.000353. The molecule has 0 aliphatic carbocycles. The summed E-state index contributed by atoms with van der Waals surface area (Å²) in [6.07, 6.45) is -2.47. The van der Waals surface area contributed by atoms with E-state index in [1.807, 2.05) is 0 Å². The molecule has 11 heteroatoms. The first-order valence-corrected chi connectivity index (χ1v) is 10.2. The Morgan fingerprint density at radius 3 is 2.45 bits per heavy atom. The number of hydrogen-bond donors (Lipinski definition) is 2. The molecule has 0 aliphatic rings. The highest BCUT2D eigenvalue weighted by atomic mass is 32.2. The monoisotopic (exact) mass is 433 g/mol. The van der Waals surface area contributed by atoms with Crippen molar-refractivity contribution in [3.05, 3.63) is 54.0 Å². The van der Waals surface area contributed by atoms with Gasteiger partial charge in [-0.05, 0) is 56.4 Å². The number of alkyl halides is 3. The number of sulfonamides is 1. The maximum absolute atomic E-state index is 12.2. The molecule has 2 N–H and O–H groups in total. The molecule has 2 rings (SSSR count). The average molecular weight is 433 g/mol. The standard InChI is InChI=1S/C18H22F3N3O4S/c1-24(13-18(19,20)21)10-3-9-22-17(25)14-5-7-16(8-6-14)29(26,27)23-12-15-4-2-11-28-15/h2,4-8,11,23H,3,9-10,12-13H2,1H3,(H,22,25). The van der Waals surface area contributed by atoms with Crippen molar-refractivity contribution in [1.29, 1.82) is 0 Å². The molecule has 0 unspecified atom stereocenters. The summed E-state index contributed by atoms with van der Waals surface area (Å²) in [7, 11) is -2.41. The van der Waals surface area contributed by atoms with Crippen molar-refractivity contribution in [3.63, 3.8) is 0 Å². The maximum Gasteiger partial charge on any atom is 0.401 e. The van der Waals surface area contributed by atoms with E-state index >= 15 is 0 Å². The van der Waals surface area contributed by atoms with E-state index in [0.717, 1.165) is 4.90 Å². The van der Waals surface area contributed by atoms with Crippen molar-refractivity contribution >= 4 is 15.9 Å². The Bertz CT molecular complexity index is 882. The van der Waals surface area contributed by atoms with Crippen LogP contribution in [0.4, 0.5) is 13.2 Å². The van der Waals surface area contributed by atoms with E-state index in [1.54, 1.807) is 12.1 Å². The summed E-state index contributed by atoms with van der Waals surface area (Å²) >= 11 is 0. The van der Waals surface area contributed by atoms with E-state index in [2.05, 4.69) is 10.0 Å². The fraction of sp³-hybridized carbons (Fsp3) is 0.389. The van der Waals surface area contributed by atoms with Crippen LogP contribution in [0.5, 0.6) is 0 Å². The van der Waals surface area contributed by atoms with Gasteiger partial charge in [-0.1, -0.05) is 0 Å². The molecule has 160 valence electrons. The Morgan fingerprint density at radius 2 is 1.86 bits per heavy atom. The summed E-state index contributed by atoms with van der Waals surface area (Å²) in [6.45, 7) is -0.630. The van der Waals surface area contributed by atoms with Crippen LogP contribution in [0.3, 0.4) is 0 Å². The Hall–Kier alpha value is -2.37. The van der Waals surface area contributed by atoms with Gasteiger partial charge in [0.05, 0.1) is 24.2 Å². The summed E-state index contributed by atoms with van der Waals surface area (Å²) in [5.74, 6) is 0.0291. The van der Waals surface area contributed by atoms with Crippen molar-refractivity contribution < 1.29 is 30.8 Å². The van der Waals surface area contributed by atoms with E-state index in [1.165, 1.54) is 37.6 Å². The molecule has 1 amide bonds. The quantitative estimate of drug-likeness (QED) is 0.562. The van der Waals surface area contributed by atoms with Crippen molar-refractivity contribution in [3.8, 4) is 0 Å². The van der Waals surface area contributed by atoms with E-state index in [9.17, 15) is 26.4 Å². The molecule has 0 fully saturated rings. The van der Waals surface area contributed by atoms with Crippen LogP contribution in [0.25, 0.3) is 0 Å². The van der Waals surface area contributed by atoms with Gasteiger partial charge < -0.3 is 9.73 Å². The van der Waals surface area contributed by atoms with Gasteiger partial charge in [-0.25, -0.2) is 13.1 Å². The van der Waals surface area contributed by atoms with Crippen LogP contribution in [0.15, 0.2) is 52.0 Å². The SMILES string of the molecule is CN(CCCNC(=O)c1ccc(S(=O)(=O)NCc2ccco2)cc1)CC(F)(F)F. The zero-order valence-corrected chi connectivity index (χ0v) is 16.5. The van der Waals surface area contributed by atoms with Gasteiger partial charge in [-0.3, -0.25) is 9.69 Å². The summed E-state index contributed by atoms with van der Waals surface area (Å²) in [4.78, 5) is 13.2. The molecule has 0 aliphatic heterocycles. The van der Waals surface area contributed by atoms with Gasteiger partial charge in [0.2, 0.25) is 10.0 Å². The summed E-state index contributed by atoms with van der Waals surface area (Å²) in [5, 5.41) is 2.59. The molecular formula is C18H22F3N3O4S. The first-order valence-electron chi connectivity index (χ1n) is 8.72. The highest BCUT2D eigenvalue weighted by Crippen LogP contribution is 2.15. The number of halogens is 3. The van der Waals surface area contributed by atoms with Gasteiger partial charge in [0.15, 0.2) is 0 Å². The summed E-state index contributed by atoms with van der Waals surface area (Å²) in [6, 6.07) is 8.62. The zero-order valence-electron chi connectivity index (χ0n) is 15.7. The van der Waals surface area contributed by atoms with E-state index in [-0.39, 0.29) is 30.1 Å². The van der Waals surface area contributed by atoms with Crippen LogP contribution in [-0.2, 0) is 16.6 Å². The van der Waals surface area contributed by atoms with E-state index in [4.69, 9.17) is 4.42 Å². The molecule has 7 nitrogen and oxygen atoms in total. The van der Waals surface area contributed by atoms with Crippen molar-refractivity contribution in [2.24, 2.45) is 0 Å². The largest absolute Gasteiger partial charge is 0.468 e. The normalized spacial score (nSPS) is 12.3. The minimum Gasteiger partial charge on any atom is -0.468 e. The molecule has 0 radical (unpaired) electrons. The summed E-state index contributed by atoms with van der Waals surface area (Å²) < 4.78 is 68.7. The fourth-order valence-electron chi connectivity index (χ4n) is 2.49. The van der Waals surface area contributed by atoms with Crippen LogP contribution in [0.2, 0.25) is 0 Å². The molecule has 1 heterocycles. The Kier molecular flexibility index (Phi) is 7.82. The number of carbonyl (C=O) groups excluding carboxylic acids is 1. The van der Waals surface area contributed by atoms with Crippen molar-refractivity contribution in [2.45, 2.75) is 24.0 Å². The third-order valence-electron chi connectivity index (χ3n) is 3.89. The average Bonchev–Trinajstić information content (AvgIpc) is 3.16. The lowest BCUT2D eigenvalue weighted by molar-refractivity contribution is -0.143. The van der Waals surface area contributed by atoms with E-state index < -0.39 is 28.7 Å². The Morgan fingerprint density at radius 1 is 1.17 bits per heavy atom. The lowest BCUT2D eigenvalue weighted by Gasteiger charge is -2.18. The third-order valence-corrected chi connectivity index (χ3v) is 5.31. The first-order chi connectivity index (χ1) is 13.6. The second kappa shape index (κ2) is 9.90. The third kappa shape index (κ3) is 7.87. The zero-order chi connectivity index (χ0) is 21.5. The second-order valence-electron chi connectivity index (χ2n) is 6.39. The number of benzene rings is 1. The molecule has 2 aromatic rings. The number of rotatable bonds is 10. The van der Waals surface area contributed by atoms with Crippen LogP contribution < -0.4 is 10.0 Å². The number of nitrogens with zero attached hydrogens (tertiary/aromatic N) is 1. The minimum atomic E-state index is -4.26. The lowest BCUT2D eigenvalue weighted by atomic mass is 10.2. The van der Waals surface area contributed by atoms with Gasteiger partial charge in [-0.2, -0.15) is 13.2 Å². The van der Waals surface area contributed by atoms with Gasteiger partial charge in [0, 0.05) is 12.1 Å². The van der Waals surface area contributed by atoms with Crippen LogP contribution in [0, 0.1) is 0 Å². The smallest absolute Gasteiger partial charge is 0.401 e. The van der Waals surface area contributed by atoms with Gasteiger partial charge in [0.1, 0.15) is 5.76 Å². The number of carbonyl (C=O) groups is 1. The molecule has 0 atom stereocenters. The Labute approximate surface area is 166 Å². The van der Waals surface area contributed by atoms with Crippen LogP contribution in [0.1, 0.15) is 22.5 Å². The number of furan rings is 1. The molecule has 0 saturated carbocycles. The summed E-state index contributed by atoms with van der Waals surface area (Å²) in [5.41, 5.74) is 0.249. The van der Waals surface area contributed by atoms with E-state index in [0.29, 0.717) is 12.2 Å². The van der Waals surface area contributed by atoms with Gasteiger partial charge in [-0.15, -0.1) is 0 Å². The maximum atomic E-state index is 12.2. The van der Waals surface area contributed by atoms with Crippen LogP contribution in [-0.4, -0.2) is 52.1 Å². The molecule has 1 aromatic heterocycles. The fourth-order valence-corrected chi connectivity index (χ4v) is 3.48. The topological polar surface area (TPSA) is 91.7 Å². The Balaban J connectivity index is 1.80. The number of hydrogen-bond acceptors (Lipinski definition) is 5. The molecule has 1 aromatic carbocycles.